The van der Waals surface area contributed by atoms with Crippen molar-refractivity contribution in [1.29, 1.82) is 0 Å². The zero-order valence-electron chi connectivity index (χ0n) is 6.29. The zero-order chi connectivity index (χ0) is 7.40. The van der Waals surface area contributed by atoms with Gasteiger partial charge in [0.25, 0.3) is 0 Å². The Hall–Kier alpha value is -0.500. The largest absolute Gasteiger partial charge is 0.264 e. The summed E-state index contributed by atoms with van der Waals surface area (Å²) in [5.41, 5.74) is 2.68. The van der Waals surface area contributed by atoms with Crippen LogP contribution < -0.4 is 0 Å². The van der Waals surface area contributed by atoms with Crippen LogP contribution in [0.2, 0.25) is 0 Å². The van der Waals surface area contributed by atoms with Crippen molar-refractivity contribution in [2.24, 2.45) is 0 Å². The summed E-state index contributed by atoms with van der Waals surface area (Å²) in [5.74, 6) is 1.09. The molecule has 1 rings (SSSR count). The fraction of sp³-hybridized carbons (Fsp3) is 0.375. The summed E-state index contributed by atoms with van der Waals surface area (Å²) < 4.78 is 0. The van der Waals surface area contributed by atoms with E-state index in [0.29, 0.717) is 0 Å². The molecular weight excluding hydrogens is 142 g/mol. The van der Waals surface area contributed by atoms with Crippen molar-refractivity contribution in [3.63, 3.8) is 0 Å². The molecule has 0 radical (unpaired) electrons. The van der Waals surface area contributed by atoms with E-state index < -0.39 is 0 Å². The van der Waals surface area contributed by atoms with Gasteiger partial charge in [-0.3, -0.25) is 4.98 Å². The van der Waals surface area contributed by atoms with Crippen LogP contribution in [0.3, 0.4) is 0 Å². The number of aromatic nitrogens is 1. The number of nitrogens with zero attached hydrogens (tertiary/aromatic N) is 1. The van der Waals surface area contributed by atoms with Gasteiger partial charge in [0.2, 0.25) is 0 Å². The van der Waals surface area contributed by atoms with Crippen LogP contribution in [-0.2, 0) is 5.75 Å². The predicted molar refractivity (Wildman–Crippen MR) is 46.2 cm³/mol. The Kier molecular flexibility index (Phi) is 2.75. The van der Waals surface area contributed by atoms with Gasteiger partial charge in [-0.2, -0.15) is 11.8 Å². The van der Waals surface area contributed by atoms with Crippen LogP contribution in [0, 0.1) is 6.92 Å². The molecule has 0 aliphatic carbocycles. The van der Waals surface area contributed by atoms with Gasteiger partial charge in [-0.05, 0) is 30.4 Å². The van der Waals surface area contributed by atoms with Gasteiger partial charge in [-0.15, -0.1) is 0 Å². The zero-order valence-corrected chi connectivity index (χ0v) is 7.11. The van der Waals surface area contributed by atoms with E-state index in [1.165, 1.54) is 11.1 Å². The SMILES string of the molecule is CSCc1ccncc1C. The third-order valence-corrected chi connectivity index (χ3v) is 2.04. The lowest BCUT2D eigenvalue weighted by Gasteiger charge is -2.00. The number of hydrogen-bond donors (Lipinski definition) is 0. The molecule has 0 saturated heterocycles. The summed E-state index contributed by atoms with van der Waals surface area (Å²) in [6.07, 6.45) is 5.87. The van der Waals surface area contributed by atoms with Crippen LogP contribution in [0.25, 0.3) is 0 Å². The molecule has 10 heavy (non-hydrogen) atoms. The molecule has 0 fully saturated rings. The Labute approximate surface area is 65.9 Å². The molecule has 0 amide bonds. The van der Waals surface area contributed by atoms with E-state index in [4.69, 9.17) is 0 Å². The van der Waals surface area contributed by atoms with Gasteiger partial charge in [-0.25, -0.2) is 0 Å². The molecule has 1 aromatic rings. The van der Waals surface area contributed by atoms with Crippen molar-refractivity contribution in [2.45, 2.75) is 12.7 Å². The quantitative estimate of drug-likeness (QED) is 0.646. The minimum Gasteiger partial charge on any atom is -0.264 e. The maximum absolute atomic E-state index is 4.02. The molecule has 0 atom stereocenters. The van der Waals surface area contributed by atoms with Crippen LogP contribution in [0.5, 0.6) is 0 Å². The van der Waals surface area contributed by atoms with Crippen molar-refractivity contribution in [3.05, 3.63) is 29.6 Å². The highest BCUT2D eigenvalue weighted by Gasteiger charge is 1.93. The molecule has 0 N–H and O–H groups in total. The van der Waals surface area contributed by atoms with Crippen molar-refractivity contribution >= 4 is 11.8 Å². The van der Waals surface area contributed by atoms with Gasteiger partial charge >= 0.3 is 0 Å². The summed E-state index contributed by atoms with van der Waals surface area (Å²) in [7, 11) is 0. The summed E-state index contributed by atoms with van der Waals surface area (Å²) >= 11 is 1.84. The molecule has 0 spiro atoms. The van der Waals surface area contributed by atoms with Gasteiger partial charge in [0.15, 0.2) is 0 Å². The van der Waals surface area contributed by atoms with Crippen molar-refractivity contribution in [3.8, 4) is 0 Å². The van der Waals surface area contributed by atoms with Crippen LogP contribution >= 0.6 is 11.8 Å². The van der Waals surface area contributed by atoms with Crippen molar-refractivity contribution < 1.29 is 0 Å². The molecule has 0 aliphatic rings. The topological polar surface area (TPSA) is 12.9 Å². The Morgan fingerprint density at radius 2 is 2.40 bits per heavy atom. The smallest absolute Gasteiger partial charge is 0.0300 e. The lowest BCUT2D eigenvalue weighted by molar-refractivity contribution is 1.20. The number of pyridine rings is 1. The van der Waals surface area contributed by atoms with Crippen LogP contribution in [-0.4, -0.2) is 11.2 Å². The number of hydrogen-bond acceptors (Lipinski definition) is 2. The van der Waals surface area contributed by atoms with Gasteiger partial charge in [0.05, 0.1) is 0 Å². The van der Waals surface area contributed by atoms with Crippen LogP contribution in [0.4, 0.5) is 0 Å². The van der Waals surface area contributed by atoms with Gasteiger partial charge in [0.1, 0.15) is 0 Å². The molecule has 1 heterocycles. The van der Waals surface area contributed by atoms with E-state index in [-0.39, 0.29) is 0 Å². The third kappa shape index (κ3) is 1.74. The molecule has 1 nitrogen and oxygen atoms in total. The maximum atomic E-state index is 4.02. The first-order valence-corrected chi connectivity index (χ1v) is 4.62. The minimum atomic E-state index is 1.09. The molecule has 0 unspecified atom stereocenters. The number of aryl methyl sites for hydroxylation is 1. The first-order valence-electron chi connectivity index (χ1n) is 3.23. The summed E-state index contributed by atoms with van der Waals surface area (Å²) in [4.78, 5) is 4.02. The molecule has 0 aliphatic heterocycles. The Morgan fingerprint density at radius 3 is 3.00 bits per heavy atom. The highest BCUT2D eigenvalue weighted by Crippen LogP contribution is 2.11. The molecule has 0 aromatic carbocycles. The lowest BCUT2D eigenvalue weighted by Crippen LogP contribution is -1.85. The van der Waals surface area contributed by atoms with Crippen molar-refractivity contribution in [2.75, 3.05) is 6.26 Å². The molecule has 54 valence electrons. The lowest BCUT2D eigenvalue weighted by atomic mass is 10.2. The minimum absolute atomic E-state index is 1.09. The monoisotopic (exact) mass is 153 g/mol. The van der Waals surface area contributed by atoms with E-state index >= 15 is 0 Å². The highest BCUT2D eigenvalue weighted by atomic mass is 32.2. The van der Waals surface area contributed by atoms with Gasteiger partial charge < -0.3 is 0 Å². The normalized spacial score (nSPS) is 9.80. The number of thioether (sulfide) groups is 1. The standard InChI is InChI=1S/C8H11NS/c1-7-5-9-4-3-8(7)6-10-2/h3-5H,6H2,1-2H3. The molecular formula is C8H11NS. The van der Waals surface area contributed by atoms with E-state index in [1.807, 2.05) is 24.2 Å². The Balaban J connectivity index is 2.81. The molecule has 0 bridgehead atoms. The van der Waals surface area contributed by atoms with Crippen LogP contribution in [0.1, 0.15) is 11.1 Å². The van der Waals surface area contributed by atoms with E-state index in [2.05, 4.69) is 24.2 Å². The summed E-state index contributed by atoms with van der Waals surface area (Å²) in [6.45, 7) is 2.10. The summed E-state index contributed by atoms with van der Waals surface area (Å²) in [6, 6.07) is 2.08. The van der Waals surface area contributed by atoms with Crippen LogP contribution in [0.15, 0.2) is 18.5 Å². The maximum Gasteiger partial charge on any atom is 0.0300 e. The molecule has 1 aromatic heterocycles. The van der Waals surface area contributed by atoms with Crippen molar-refractivity contribution in [1.82, 2.24) is 4.98 Å². The second-order valence-electron chi connectivity index (χ2n) is 2.24. The first kappa shape index (κ1) is 7.61. The second kappa shape index (κ2) is 3.62. The second-order valence-corrected chi connectivity index (χ2v) is 3.10. The third-order valence-electron chi connectivity index (χ3n) is 1.44. The fourth-order valence-corrected chi connectivity index (χ4v) is 1.45. The van der Waals surface area contributed by atoms with E-state index in [9.17, 15) is 0 Å². The predicted octanol–water partition coefficient (Wildman–Crippen LogP) is 2.25. The average molecular weight is 153 g/mol. The van der Waals surface area contributed by atoms with E-state index in [0.717, 1.165) is 5.75 Å². The molecule has 2 heteroatoms. The molecule has 0 saturated carbocycles. The van der Waals surface area contributed by atoms with Gasteiger partial charge in [0, 0.05) is 18.1 Å². The van der Waals surface area contributed by atoms with Gasteiger partial charge in [-0.1, -0.05) is 0 Å². The highest BCUT2D eigenvalue weighted by molar-refractivity contribution is 7.97. The Bertz CT molecular complexity index is 210. The first-order chi connectivity index (χ1) is 4.84. The van der Waals surface area contributed by atoms with E-state index in [1.54, 1.807) is 0 Å². The average Bonchev–Trinajstić information content (AvgIpc) is 1.94. The Morgan fingerprint density at radius 1 is 1.60 bits per heavy atom. The summed E-state index contributed by atoms with van der Waals surface area (Å²) in [5, 5.41) is 0. The number of rotatable bonds is 2. The fourth-order valence-electron chi connectivity index (χ4n) is 0.820.